The molecule has 0 radical (unpaired) electrons. The Hall–Kier alpha value is -4.13. The van der Waals surface area contributed by atoms with Crippen molar-refractivity contribution < 1.29 is 13.9 Å². The van der Waals surface area contributed by atoms with Gasteiger partial charge in [0, 0.05) is 0 Å². The van der Waals surface area contributed by atoms with Gasteiger partial charge in [0.05, 0.1) is 18.5 Å². The minimum Gasteiger partial charge on any atom is -0.467 e. The van der Waals surface area contributed by atoms with Crippen LogP contribution in [0.25, 0.3) is 0 Å². The van der Waals surface area contributed by atoms with E-state index >= 15 is 0 Å². The first-order chi connectivity index (χ1) is 14.3. The van der Waals surface area contributed by atoms with E-state index in [1.807, 2.05) is 54.6 Å². The van der Waals surface area contributed by atoms with Gasteiger partial charge in [0.2, 0.25) is 0 Å². The van der Waals surface area contributed by atoms with Crippen LogP contribution in [0, 0.1) is 0 Å². The Labute approximate surface area is 167 Å². The lowest BCUT2D eigenvalue weighted by molar-refractivity contribution is 0.102. The van der Waals surface area contributed by atoms with E-state index in [1.165, 1.54) is 0 Å². The first kappa shape index (κ1) is 18.2. The maximum Gasteiger partial charge on any atom is 0.276 e. The number of ether oxygens (including phenoxy) is 1. The minimum atomic E-state index is -0.376. The third-order valence-electron chi connectivity index (χ3n) is 4.03. The summed E-state index contributed by atoms with van der Waals surface area (Å²) in [7, 11) is 0. The van der Waals surface area contributed by atoms with E-state index in [2.05, 4.69) is 20.8 Å². The molecule has 2 heterocycles. The zero-order valence-corrected chi connectivity index (χ0v) is 15.4. The predicted octanol–water partition coefficient (Wildman–Crippen LogP) is 4.73. The summed E-state index contributed by atoms with van der Waals surface area (Å²) < 4.78 is 11.1. The molecule has 144 valence electrons. The summed E-state index contributed by atoms with van der Waals surface area (Å²) >= 11 is 0. The number of hydrogen-bond acceptors (Lipinski definition) is 6. The first-order valence-electron chi connectivity index (χ1n) is 9.01. The number of nitrogens with one attached hydrogen (secondary N) is 2. The molecule has 29 heavy (non-hydrogen) atoms. The number of rotatable bonds is 7. The summed E-state index contributed by atoms with van der Waals surface area (Å²) in [5, 5.41) is 13.9. The van der Waals surface area contributed by atoms with Crippen LogP contribution in [0.2, 0.25) is 0 Å². The molecule has 2 aromatic heterocycles. The lowest BCUT2D eigenvalue weighted by atomic mass is 10.2. The number of carbonyl (C=O) groups is 1. The number of furan rings is 1. The Morgan fingerprint density at radius 1 is 0.897 bits per heavy atom. The van der Waals surface area contributed by atoms with Gasteiger partial charge < -0.3 is 19.8 Å². The molecule has 0 atom stereocenters. The van der Waals surface area contributed by atoms with E-state index in [1.54, 1.807) is 30.5 Å². The molecule has 0 aliphatic rings. The fraction of sp³-hybridized carbons (Fsp3) is 0.0455. The van der Waals surface area contributed by atoms with E-state index in [9.17, 15) is 4.79 Å². The molecule has 0 unspecified atom stereocenters. The Balaban J connectivity index is 1.41. The average Bonchev–Trinajstić information content (AvgIpc) is 3.28. The van der Waals surface area contributed by atoms with Crippen LogP contribution in [0.4, 0.5) is 11.5 Å². The highest BCUT2D eigenvalue weighted by molar-refractivity contribution is 6.03. The third-order valence-corrected chi connectivity index (χ3v) is 4.03. The van der Waals surface area contributed by atoms with Crippen LogP contribution in [0.1, 0.15) is 16.2 Å². The monoisotopic (exact) mass is 386 g/mol. The van der Waals surface area contributed by atoms with Gasteiger partial charge in [0.1, 0.15) is 17.3 Å². The lowest BCUT2D eigenvalue weighted by Gasteiger charge is -2.12. The average molecular weight is 386 g/mol. The van der Waals surface area contributed by atoms with Crippen LogP contribution in [-0.2, 0) is 6.54 Å². The Morgan fingerprint density at radius 3 is 2.48 bits per heavy atom. The fourth-order valence-corrected chi connectivity index (χ4v) is 2.60. The lowest BCUT2D eigenvalue weighted by Crippen LogP contribution is -2.15. The summed E-state index contributed by atoms with van der Waals surface area (Å²) in [4.78, 5) is 12.6. The predicted molar refractivity (Wildman–Crippen MR) is 109 cm³/mol. The van der Waals surface area contributed by atoms with Gasteiger partial charge in [-0.1, -0.05) is 30.3 Å². The zero-order chi connectivity index (χ0) is 19.9. The molecule has 0 bridgehead atoms. The smallest absolute Gasteiger partial charge is 0.276 e. The molecule has 0 saturated heterocycles. The molecule has 2 N–H and O–H groups in total. The van der Waals surface area contributed by atoms with Crippen LogP contribution >= 0.6 is 0 Å². The normalized spacial score (nSPS) is 10.3. The topological polar surface area (TPSA) is 89.3 Å². The quantitative estimate of drug-likeness (QED) is 0.477. The van der Waals surface area contributed by atoms with Crippen molar-refractivity contribution in [3.63, 3.8) is 0 Å². The molecule has 1 amide bonds. The molecule has 4 rings (SSSR count). The molecule has 0 spiro atoms. The molecule has 0 fully saturated rings. The second kappa shape index (κ2) is 8.71. The van der Waals surface area contributed by atoms with Crippen molar-refractivity contribution in [3.8, 4) is 11.5 Å². The number of nitrogens with zero attached hydrogens (tertiary/aromatic N) is 2. The SMILES string of the molecule is O=C(Nc1ccccc1Oc1ccccc1)c1ccc(NCc2ccco2)nn1. The number of para-hydroxylation sites is 3. The second-order valence-corrected chi connectivity index (χ2v) is 6.10. The number of amides is 1. The number of aromatic nitrogens is 2. The zero-order valence-electron chi connectivity index (χ0n) is 15.4. The van der Waals surface area contributed by atoms with E-state index in [0.717, 1.165) is 5.76 Å². The van der Waals surface area contributed by atoms with Gasteiger partial charge in [0.25, 0.3) is 5.91 Å². The summed E-state index contributed by atoms with van der Waals surface area (Å²) in [6, 6.07) is 23.6. The standard InChI is InChI=1S/C22H18N4O3/c27-22(19-12-13-21(26-25-19)23-15-17-9-6-14-28-17)24-18-10-4-5-11-20(18)29-16-7-2-1-3-8-16/h1-14H,15H2,(H,23,26)(H,24,27). The van der Waals surface area contributed by atoms with Crippen LogP contribution < -0.4 is 15.4 Å². The van der Waals surface area contributed by atoms with Crippen molar-refractivity contribution in [2.45, 2.75) is 6.54 Å². The van der Waals surface area contributed by atoms with Crippen molar-refractivity contribution >= 4 is 17.4 Å². The Morgan fingerprint density at radius 2 is 1.72 bits per heavy atom. The number of anilines is 2. The van der Waals surface area contributed by atoms with Crippen molar-refractivity contribution in [1.82, 2.24) is 10.2 Å². The molecule has 0 aliphatic heterocycles. The van der Waals surface area contributed by atoms with Gasteiger partial charge in [-0.3, -0.25) is 4.79 Å². The summed E-state index contributed by atoms with van der Waals surface area (Å²) in [5.41, 5.74) is 0.742. The van der Waals surface area contributed by atoms with E-state index in [4.69, 9.17) is 9.15 Å². The highest BCUT2D eigenvalue weighted by atomic mass is 16.5. The first-order valence-corrected chi connectivity index (χ1v) is 9.01. The Kier molecular flexibility index (Phi) is 5.48. The Bertz CT molecular complexity index is 1060. The largest absolute Gasteiger partial charge is 0.467 e. The van der Waals surface area contributed by atoms with Gasteiger partial charge in [-0.15, -0.1) is 10.2 Å². The van der Waals surface area contributed by atoms with Gasteiger partial charge in [-0.2, -0.15) is 0 Å². The molecule has 7 heteroatoms. The van der Waals surface area contributed by atoms with Crippen molar-refractivity contribution in [3.05, 3.63) is 96.6 Å². The number of benzene rings is 2. The highest BCUT2D eigenvalue weighted by Gasteiger charge is 2.12. The molecule has 7 nitrogen and oxygen atoms in total. The van der Waals surface area contributed by atoms with E-state index in [-0.39, 0.29) is 11.6 Å². The summed E-state index contributed by atoms with van der Waals surface area (Å²) in [5.74, 6) is 2.17. The maximum absolute atomic E-state index is 12.6. The van der Waals surface area contributed by atoms with Crippen molar-refractivity contribution in [2.75, 3.05) is 10.6 Å². The third kappa shape index (κ3) is 4.78. The number of hydrogen-bond donors (Lipinski definition) is 2. The van der Waals surface area contributed by atoms with Crippen molar-refractivity contribution in [1.29, 1.82) is 0 Å². The van der Waals surface area contributed by atoms with E-state index < -0.39 is 0 Å². The molecule has 0 aliphatic carbocycles. The van der Waals surface area contributed by atoms with Gasteiger partial charge in [0.15, 0.2) is 11.4 Å². The van der Waals surface area contributed by atoms with Crippen molar-refractivity contribution in [2.24, 2.45) is 0 Å². The summed E-state index contributed by atoms with van der Waals surface area (Å²) in [6.07, 6.45) is 1.61. The highest BCUT2D eigenvalue weighted by Crippen LogP contribution is 2.29. The molecule has 0 saturated carbocycles. The molecular weight excluding hydrogens is 368 g/mol. The van der Waals surface area contributed by atoms with Crippen LogP contribution in [0.5, 0.6) is 11.5 Å². The molecule has 4 aromatic rings. The minimum absolute atomic E-state index is 0.197. The van der Waals surface area contributed by atoms with Crippen LogP contribution in [0.3, 0.4) is 0 Å². The molecular formula is C22H18N4O3. The van der Waals surface area contributed by atoms with E-state index in [0.29, 0.717) is 29.5 Å². The molecule has 2 aromatic carbocycles. The van der Waals surface area contributed by atoms with Crippen LogP contribution in [-0.4, -0.2) is 16.1 Å². The number of carbonyl (C=O) groups excluding carboxylic acids is 1. The van der Waals surface area contributed by atoms with Gasteiger partial charge in [-0.05, 0) is 48.5 Å². The maximum atomic E-state index is 12.6. The summed E-state index contributed by atoms with van der Waals surface area (Å²) in [6.45, 7) is 0.484. The van der Waals surface area contributed by atoms with Crippen LogP contribution in [0.15, 0.2) is 89.5 Å². The fourth-order valence-electron chi connectivity index (χ4n) is 2.60. The van der Waals surface area contributed by atoms with Gasteiger partial charge >= 0.3 is 0 Å². The second-order valence-electron chi connectivity index (χ2n) is 6.10. The van der Waals surface area contributed by atoms with Gasteiger partial charge in [-0.25, -0.2) is 0 Å².